The molecule has 0 unspecified atom stereocenters. The fraction of sp³-hybridized carbons (Fsp3) is 0.474. The first-order valence-electron chi connectivity index (χ1n) is 7.96. The van der Waals surface area contributed by atoms with E-state index in [0.29, 0.717) is 25.3 Å². The van der Waals surface area contributed by atoms with Crippen molar-refractivity contribution in [2.75, 3.05) is 19.7 Å². The van der Waals surface area contributed by atoms with Gasteiger partial charge in [0.1, 0.15) is 0 Å². The summed E-state index contributed by atoms with van der Waals surface area (Å²) in [6.45, 7) is 12.9. The van der Waals surface area contributed by atoms with Gasteiger partial charge in [-0.1, -0.05) is 39.0 Å². The van der Waals surface area contributed by atoms with Crippen LogP contribution < -0.4 is 0 Å². The number of ether oxygens (including phenoxy) is 1. The fourth-order valence-electron chi connectivity index (χ4n) is 2.19. The summed E-state index contributed by atoms with van der Waals surface area (Å²) >= 11 is 0. The monoisotopic (exact) mass is 317 g/mol. The molecule has 1 aromatic rings. The van der Waals surface area contributed by atoms with Crippen molar-refractivity contribution in [3.63, 3.8) is 0 Å². The molecule has 23 heavy (non-hydrogen) atoms. The van der Waals surface area contributed by atoms with Gasteiger partial charge < -0.3 is 9.64 Å². The van der Waals surface area contributed by atoms with Crippen molar-refractivity contribution in [3.05, 3.63) is 48.0 Å². The molecule has 0 aliphatic carbocycles. The number of benzene rings is 1. The first-order valence-corrected chi connectivity index (χ1v) is 7.96. The maximum absolute atomic E-state index is 12.6. The standard InChI is InChI=1S/C19H27NO3/c1-6-13-20(14-12-17(21)23-7-2)18(22)15-8-10-16(11-9-15)19(3,4)5/h6,8-11H,1,7,12-14H2,2-5H3. The molecule has 0 N–H and O–H groups in total. The summed E-state index contributed by atoms with van der Waals surface area (Å²) in [4.78, 5) is 25.7. The molecule has 0 saturated heterocycles. The number of esters is 1. The van der Waals surface area contributed by atoms with Gasteiger partial charge in [-0.2, -0.15) is 0 Å². The lowest BCUT2D eigenvalue weighted by molar-refractivity contribution is -0.143. The maximum atomic E-state index is 12.6. The molecule has 0 bridgehead atoms. The lowest BCUT2D eigenvalue weighted by Crippen LogP contribution is -2.33. The van der Waals surface area contributed by atoms with Crippen LogP contribution in [0.4, 0.5) is 0 Å². The van der Waals surface area contributed by atoms with E-state index in [2.05, 4.69) is 27.4 Å². The van der Waals surface area contributed by atoms with E-state index in [1.807, 2.05) is 24.3 Å². The zero-order valence-electron chi connectivity index (χ0n) is 14.6. The minimum Gasteiger partial charge on any atom is -0.466 e. The van der Waals surface area contributed by atoms with E-state index >= 15 is 0 Å². The van der Waals surface area contributed by atoms with Gasteiger partial charge in [-0.15, -0.1) is 6.58 Å². The summed E-state index contributed by atoms with van der Waals surface area (Å²) < 4.78 is 4.91. The Hall–Kier alpha value is -2.10. The smallest absolute Gasteiger partial charge is 0.307 e. The predicted molar refractivity (Wildman–Crippen MR) is 92.5 cm³/mol. The largest absolute Gasteiger partial charge is 0.466 e. The normalized spacial score (nSPS) is 11.0. The van der Waals surface area contributed by atoms with Crippen LogP contribution in [-0.4, -0.2) is 36.5 Å². The highest BCUT2D eigenvalue weighted by Crippen LogP contribution is 2.22. The Kier molecular flexibility index (Phi) is 7.01. The molecule has 1 rings (SSSR count). The molecule has 1 aromatic carbocycles. The van der Waals surface area contributed by atoms with Crippen LogP contribution in [0.3, 0.4) is 0 Å². The zero-order valence-corrected chi connectivity index (χ0v) is 14.6. The number of hydrogen-bond donors (Lipinski definition) is 0. The molecule has 0 radical (unpaired) electrons. The van der Waals surface area contributed by atoms with Crippen molar-refractivity contribution >= 4 is 11.9 Å². The quantitative estimate of drug-likeness (QED) is 0.570. The molecular formula is C19H27NO3. The molecule has 0 aliphatic rings. The highest BCUT2D eigenvalue weighted by Gasteiger charge is 2.18. The van der Waals surface area contributed by atoms with Gasteiger partial charge in [0.15, 0.2) is 0 Å². The van der Waals surface area contributed by atoms with Crippen molar-refractivity contribution in [1.82, 2.24) is 4.90 Å². The summed E-state index contributed by atoms with van der Waals surface area (Å²) in [7, 11) is 0. The van der Waals surface area contributed by atoms with E-state index in [0.717, 1.165) is 0 Å². The Morgan fingerprint density at radius 1 is 1.22 bits per heavy atom. The number of carbonyl (C=O) groups is 2. The van der Waals surface area contributed by atoms with E-state index < -0.39 is 0 Å². The Morgan fingerprint density at radius 2 is 1.83 bits per heavy atom. The van der Waals surface area contributed by atoms with E-state index in [1.54, 1.807) is 17.9 Å². The van der Waals surface area contributed by atoms with Gasteiger partial charge in [0.2, 0.25) is 0 Å². The highest BCUT2D eigenvalue weighted by atomic mass is 16.5. The first-order chi connectivity index (χ1) is 10.8. The Bertz CT molecular complexity index is 541. The summed E-state index contributed by atoms with van der Waals surface area (Å²) in [6.07, 6.45) is 1.85. The van der Waals surface area contributed by atoms with E-state index in [1.165, 1.54) is 5.56 Å². The topological polar surface area (TPSA) is 46.6 Å². The summed E-state index contributed by atoms with van der Waals surface area (Å²) in [5.74, 6) is -0.396. The summed E-state index contributed by atoms with van der Waals surface area (Å²) in [6, 6.07) is 7.63. The van der Waals surface area contributed by atoms with E-state index in [9.17, 15) is 9.59 Å². The molecule has 0 heterocycles. The third kappa shape index (κ3) is 5.89. The Labute approximate surface area is 139 Å². The second kappa shape index (κ2) is 8.51. The lowest BCUT2D eigenvalue weighted by Gasteiger charge is -2.22. The lowest BCUT2D eigenvalue weighted by atomic mass is 9.86. The molecule has 0 saturated carbocycles. The number of nitrogens with zero attached hydrogens (tertiary/aromatic N) is 1. The second-order valence-corrected chi connectivity index (χ2v) is 6.42. The molecule has 0 aromatic heterocycles. The van der Waals surface area contributed by atoms with Gasteiger partial charge in [-0.25, -0.2) is 0 Å². The van der Waals surface area contributed by atoms with Gasteiger partial charge in [0, 0.05) is 18.7 Å². The SMILES string of the molecule is C=CCN(CCC(=O)OCC)C(=O)c1ccc(C(C)(C)C)cc1. The highest BCUT2D eigenvalue weighted by molar-refractivity contribution is 5.94. The number of carbonyl (C=O) groups excluding carboxylic acids is 2. The van der Waals surface area contributed by atoms with Crippen molar-refractivity contribution in [2.24, 2.45) is 0 Å². The van der Waals surface area contributed by atoms with Gasteiger partial charge in [-0.05, 0) is 30.0 Å². The molecular weight excluding hydrogens is 290 g/mol. The molecule has 0 spiro atoms. The predicted octanol–water partition coefficient (Wildman–Crippen LogP) is 3.57. The summed E-state index contributed by atoms with van der Waals surface area (Å²) in [5, 5.41) is 0. The van der Waals surface area contributed by atoms with Crippen LogP contribution in [0, 0.1) is 0 Å². The Balaban J connectivity index is 2.80. The van der Waals surface area contributed by atoms with E-state index in [-0.39, 0.29) is 23.7 Å². The van der Waals surface area contributed by atoms with Gasteiger partial charge >= 0.3 is 5.97 Å². The van der Waals surface area contributed by atoms with Crippen LogP contribution in [0.15, 0.2) is 36.9 Å². The Morgan fingerprint density at radius 3 is 2.30 bits per heavy atom. The third-order valence-corrected chi connectivity index (χ3v) is 3.53. The molecule has 126 valence electrons. The van der Waals surface area contributed by atoms with Crippen LogP contribution in [0.1, 0.15) is 50.0 Å². The number of hydrogen-bond acceptors (Lipinski definition) is 3. The number of amides is 1. The van der Waals surface area contributed by atoms with E-state index in [4.69, 9.17) is 4.74 Å². The van der Waals surface area contributed by atoms with Crippen LogP contribution >= 0.6 is 0 Å². The minimum absolute atomic E-state index is 0.0479. The van der Waals surface area contributed by atoms with Crippen molar-refractivity contribution < 1.29 is 14.3 Å². The molecule has 0 atom stereocenters. The van der Waals surface area contributed by atoms with Crippen molar-refractivity contribution in [3.8, 4) is 0 Å². The van der Waals surface area contributed by atoms with Gasteiger partial charge in [0.25, 0.3) is 5.91 Å². The van der Waals surface area contributed by atoms with Crippen molar-refractivity contribution in [2.45, 2.75) is 39.5 Å². The third-order valence-electron chi connectivity index (χ3n) is 3.53. The second-order valence-electron chi connectivity index (χ2n) is 6.42. The molecule has 0 fully saturated rings. The molecule has 4 heteroatoms. The molecule has 1 amide bonds. The molecule has 4 nitrogen and oxygen atoms in total. The first kappa shape index (κ1) is 18.9. The van der Waals surface area contributed by atoms with Crippen LogP contribution in [0.25, 0.3) is 0 Å². The minimum atomic E-state index is -0.294. The maximum Gasteiger partial charge on any atom is 0.307 e. The van der Waals surface area contributed by atoms with Gasteiger partial charge in [-0.3, -0.25) is 9.59 Å². The van der Waals surface area contributed by atoms with Crippen molar-refractivity contribution in [1.29, 1.82) is 0 Å². The fourth-order valence-corrected chi connectivity index (χ4v) is 2.19. The zero-order chi connectivity index (χ0) is 17.5. The average Bonchev–Trinajstić information content (AvgIpc) is 2.50. The van der Waals surface area contributed by atoms with Crippen LogP contribution in [0.2, 0.25) is 0 Å². The molecule has 0 aliphatic heterocycles. The van der Waals surface area contributed by atoms with Gasteiger partial charge in [0.05, 0.1) is 13.0 Å². The van der Waals surface area contributed by atoms with Crippen LogP contribution in [0.5, 0.6) is 0 Å². The average molecular weight is 317 g/mol. The summed E-state index contributed by atoms with van der Waals surface area (Å²) in [5.41, 5.74) is 1.84. The van der Waals surface area contributed by atoms with Crippen LogP contribution in [-0.2, 0) is 14.9 Å². The number of rotatable bonds is 7.